The molecule has 1 amide bonds. The van der Waals surface area contributed by atoms with Crippen LogP contribution in [0.15, 0.2) is 30.5 Å². The van der Waals surface area contributed by atoms with Gasteiger partial charge in [0.05, 0.1) is 23.5 Å². The first-order chi connectivity index (χ1) is 12.0. The fraction of sp³-hybridized carbons (Fsp3) is 0.500. The highest BCUT2D eigenvalue weighted by Gasteiger charge is 2.31. The Morgan fingerprint density at radius 2 is 2.00 bits per heavy atom. The molecule has 1 aliphatic carbocycles. The average molecular weight is 340 g/mol. The van der Waals surface area contributed by atoms with Crippen molar-refractivity contribution in [3.8, 4) is 0 Å². The molecule has 1 unspecified atom stereocenters. The fourth-order valence-corrected chi connectivity index (χ4v) is 3.32. The van der Waals surface area contributed by atoms with Gasteiger partial charge < -0.3 is 10.2 Å². The van der Waals surface area contributed by atoms with Gasteiger partial charge >= 0.3 is 0 Å². The summed E-state index contributed by atoms with van der Waals surface area (Å²) in [4.78, 5) is 14.8. The van der Waals surface area contributed by atoms with Gasteiger partial charge in [-0.25, -0.2) is 0 Å². The number of carbonyl (C=O) groups excluding carboxylic acids is 1. The lowest BCUT2D eigenvalue weighted by Gasteiger charge is -2.25. The number of aryl methyl sites for hydroxylation is 2. The molecule has 2 aromatic rings. The Kier molecular flexibility index (Phi) is 5.23. The summed E-state index contributed by atoms with van der Waals surface area (Å²) in [6, 6.07) is 8.81. The molecule has 3 rings (SSSR count). The standard InChI is InChI=1S/C20H28N4O/c1-5-14-6-8-15(9-7-14)18(23(2)3)13-21-20(25)17-12-22-24(4)19(17)16-10-11-16/h6-9,12,16,18H,5,10-11,13H2,1-4H3,(H,21,25). The van der Waals surface area contributed by atoms with E-state index < -0.39 is 0 Å². The third-order valence-electron chi connectivity index (χ3n) is 5.05. The van der Waals surface area contributed by atoms with Gasteiger partial charge in [0.25, 0.3) is 5.91 Å². The topological polar surface area (TPSA) is 50.2 Å². The van der Waals surface area contributed by atoms with E-state index in [2.05, 4.69) is 46.5 Å². The molecule has 1 N–H and O–H groups in total. The zero-order chi connectivity index (χ0) is 18.0. The molecule has 0 aliphatic heterocycles. The van der Waals surface area contributed by atoms with E-state index in [-0.39, 0.29) is 11.9 Å². The lowest BCUT2D eigenvalue weighted by Crippen LogP contribution is -2.34. The quantitative estimate of drug-likeness (QED) is 0.843. The van der Waals surface area contributed by atoms with Crippen LogP contribution in [-0.4, -0.2) is 41.2 Å². The van der Waals surface area contributed by atoms with Crippen LogP contribution in [0.1, 0.15) is 58.9 Å². The first-order valence-corrected chi connectivity index (χ1v) is 9.06. The van der Waals surface area contributed by atoms with Crippen LogP contribution in [0.2, 0.25) is 0 Å². The summed E-state index contributed by atoms with van der Waals surface area (Å²) in [5.74, 6) is 0.478. The number of likely N-dealkylation sites (N-methyl/N-ethyl adjacent to an activating group) is 1. The first kappa shape index (κ1) is 17.7. The number of amides is 1. The van der Waals surface area contributed by atoms with Gasteiger partial charge in [-0.1, -0.05) is 31.2 Å². The van der Waals surface area contributed by atoms with Crippen LogP contribution in [0.5, 0.6) is 0 Å². The van der Waals surface area contributed by atoms with Gasteiger partial charge in [0, 0.05) is 19.5 Å². The van der Waals surface area contributed by atoms with Gasteiger partial charge in [-0.15, -0.1) is 0 Å². The van der Waals surface area contributed by atoms with E-state index in [1.165, 1.54) is 11.1 Å². The molecule has 1 aromatic carbocycles. The van der Waals surface area contributed by atoms with Crippen LogP contribution in [0.3, 0.4) is 0 Å². The second-order valence-electron chi connectivity index (χ2n) is 7.13. The summed E-state index contributed by atoms with van der Waals surface area (Å²) in [5, 5.41) is 7.39. The average Bonchev–Trinajstić information content (AvgIpc) is 3.37. The largest absolute Gasteiger partial charge is 0.350 e. The molecule has 1 aliphatic rings. The van der Waals surface area contributed by atoms with Crippen LogP contribution in [0.4, 0.5) is 0 Å². The summed E-state index contributed by atoms with van der Waals surface area (Å²) in [6.45, 7) is 2.74. The van der Waals surface area contributed by atoms with E-state index in [1.807, 2.05) is 25.8 Å². The molecule has 5 nitrogen and oxygen atoms in total. The summed E-state index contributed by atoms with van der Waals surface area (Å²) < 4.78 is 1.85. The fourth-order valence-electron chi connectivity index (χ4n) is 3.32. The summed E-state index contributed by atoms with van der Waals surface area (Å²) in [6.07, 6.45) is 5.05. The van der Waals surface area contributed by atoms with E-state index in [0.717, 1.165) is 30.5 Å². The second-order valence-corrected chi connectivity index (χ2v) is 7.13. The van der Waals surface area contributed by atoms with Crippen molar-refractivity contribution in [2.75, 3.05) is 20.6 Å². The summed E-state index contributed by atoms with van der Waals surface area (Å²) in [7, 11) is 6.01. The Morgan fingerprint density at radius 3 is 2.56 bits per heavy atom. The number of carbonyl (C=O) groups is 1. The number of hydrogen-bond donors (Lipinski definition) is 1. The van der Waals surface area contributed by atoms with Crippen LogP contribution >= 0.6 is 0 Å². The van der Waals surface area contributed by atoms with Gasteiger partial charge in [0.2, 0.25) is 0 Å². The third kappa shape index (κ3) is 3.93. The Bertz CT molecular complexity index is 729. The predicted molar refractivity (Wildman–Crippen MR) is 99.8 cm³/mol. The van der Waals surface area contributed by atoms with E-state index in [0.29, 0.717) is 12.5 Å². The molecule has 1 aromatic heterocycles. The number of hydrogen-bond acceptors (Lipinski definition) is 3. The minimum absolute atomic E-state index is 0.0213. The van der Waals surface area contributed by atoms with Gasteiger partial charge in [-0.3, -0.25) is 9.48 Å². The van der Waals surface area contributed by atoms with Gasteiger partial charge in [-0.05, 0) is 44.5 Å². The molecule has 134 valence electrons. The Hall–Kier alpha value is -2.14. The maximum atomic E-state index is 12.7. The van der Waals surface area contributed by atoms with Crippen LogP contribution in [0, 0.1) is 0 Å². The van der Waals surface area contributed by atoms with Crippen molar-refractivity contribution >= 4 is 5.91 Å². The van der Waals surface area contributed by atoms with Crippen LogP contribution < -0.4 is 5.32 Å². The van der Waals surface area contributed by atoms with E-state index in [1.54, 1.807) is 6.20 Å². The molecule has 25 heavy (non-hydrogen) atoms. The second kappa shape index (κ2) is 7.40. The van der Waals surface area contributed by atoms with Gasteiger partial charge in [0.15, 0.2) is 0 Å². The monoisotopic (exact) mass is 340 g/mol. The normalized spacial score (nSPS) is 15.4. The lowest BCUT2D eigenvalue weighted by molar-refractivity contribution is 0.0940. The zero-order valence-corrected chi connectivity index (χ0v) is 15.6. The molecule has 1 fully saturated rings. The maximum absolute atomic E-state index is 12.7. The molecule has 1 heterocycles. The molecule has 5 heteroatoms. The van der Waals surface area contributed by atoms with E-state index >= 15 is 0 Å². The molecular weight excluding hydrogens is 312 g/mol. The summed E-state index contributed by atoms with van der Waals surface area (Å²) in [5.41, 5.74) is 4.35. The van der Waals surface area contributed by atoms with Crippen molar-refractivity contribution in [2.45, 2.75) is 38.1 Å². The van der Waals surface area contributed by atoms with Gasteiger partial charge in [0.1, 0.15) is 0 Å². The molecule has 0 saturated heterocycles. The Morgan fingerprint density at radius 1 is 1.32 bits per heavy atom. The minimum atomic E-state index is -0.0213. The molecule has 1 atom stereocenters. The number of benzene rings is 1. The molecule has 1 saturated carbocycles. The number of aromatic nitrogens is 2. The smallest absolute Gasteiger partial charge is 0.254 e. The third-order valence-corrected chi connectivity index (χ3v) is 5.05. The van der Waals surface area contributed by atoms with Crippen molar-refractivity contribution in [3.63, 3.8) is 0 Å². The van der Waals surface area contributed by atoms with Crippen molar-refractivity contribution < 1.29 is 4.79 Å². The zero-order valence-electron chi connectivity index (χ0n) is 15.6. The van der Waals surface area contributed by atoms with E-state index in [4.69, 9.17) is 0 Å². The van der Waals surface area contributed by atoms with Crippen molar-refractivity contribution in [1.82, 2.24) is 20.0 Å². The van der Waals surface area contributed by atoms with Crippen LogP contribution in [-0.2, 0) is 13.5 Å². The molecule has 0 radical (unpaired) electrons. The SMILES string of the molecule is CCc1ccc(C(CNC(=O)c2cnn(C)c2C2CC2)N(C)C)cc1. The molecule has 0 spiro atoms. The van der Waals surface area contributed by atoms with Gasteiger partial charge in [-0.2, -0.15) is 5.10 Å². The first-order valence-electron chi connectivity index (χ1n) is 9.06. The van der Waals surface area contributed by atoms with E-state index in [9.17, 15) is 4.79 Å². The predicted octanol–water partition coefficient (Wildman–Crippen LogP) is 2.89. The highest BCUT2D eigenvalue weighted by atomic mass is 16.1. The van der Waals surface area contributed by atoms with Crippen molar-refractivity contribution in [3.05, 3.63) is 52.8 Å². The molecular formula is C20H28N4O. The number of nitrogens with one attached hydrogen (secondary N) is 1. The lowest BCUT2D eigenvalue weighted by atomic mass is 10.0. The van der Waals surface area contributed by atoms with Crippen LogP contribution in [0.25, 0.3) is 0 Å². The highest BCUT2D eigenvalue weighted by molar-refractivity contribution is 5.95. The molecule has 0 bridgehead atoms. The van der Waals surface area contributed by atoms with Crippen molar-refractivity contribution in [2.24, 2.45) is 7.05 Å². The minimum Gasteiger partial charge on any atom is -0.350 e. The van der Waals surface area contributed by atoms with Crippen molar-refractivity contribution in [1.29, 1.82) is 0 Å². The number of nitrogens with zero attached hydrogens (tertiary/aromatic N) is 3. The highest BCUT2D eigenvalue weighted by Crippen LogP contribution is 2.41. The summed E-state index contributed by atoms with van der Waals surface area (Å²) >= 11 is 0. The Balaban J connectivity index is 1.70. The Labute approximate surface area is 150 Å². The number of rotatable bonds is 7. The maximum Gasteiger partial charge on any atom is 0.254 e.